The summed E-state index contributed by atoms with van der Waals surface area (Å²) in [5.41, 5.74) is 7.32. The van der Waals surface area contributed by atoms with Gasteiger partial charge < -0.3 is 0 Å². The molecule has 2 aliphatic rings. The molecule has 1 aromatic heterocycles. The average molecular weight is 372 g/mol. The number of anilines is 1. The van der Waals surface area contributed by atoms with Crippen molar-refractivity contribution in [1.29, 1.82) is 0 Å². The smallest absolute Gasteiger partial charge is 0.263 e. The zero-order valence-electron chi connectivity index (χ0n) is 15.8. The zero-order chi connectivity index (χ0) is 19.1. The molecule has 1 saturated carbocycles. The minimum atomic E-state index is -0.129. The number of benzene rings is 2. The van der Waals surface area contributed by atoms with Crippen LogP contribution >= 0.6 is 0 Å². The van der Waals surface area contributed by atoms with Crippen LogP contribution in [0.25, 0.3) is 16.9 Å². The largest absolute Gasteiger partial charge is 0.293 e. The number of para-hydroxylation sites is 1. The summed E-state index contributed by atoms with van der Waals surface area (Å²) in [6.45, 7) is 0. The minimum absolute atomic E-state index is 0.000512. The molecule has 0 radical (unpaired) electrons. The summed E-state index contributed by atoms with van der Waals surface area (Å²) in [5, 5.41) is 0. The molecule has 0 saturated heterocycles. The molecule has 0 unspecified atom stereocenters. The molecule has 2 aliphatic carbocycles. The third-order valence-electron chi connectivity index (χ3n) is 6.37. The van der Waals surface area contributed by atoms with E-state index in [0.717, 1.165) is 54.6 Å². The molecule has 0 bridgehead atoms. The van der Waals surface area contributed by atoms with Crippen molar-refractivity contribution in [3.63, 3.8) is 0 Å². The van der Waals surface area contributed by atoms with Gasteiger partial charge in [-0.25, -0.2) is 15.4 Å². The molecule has 1 spiro atoms. The molecule has 5 heteroatoms. The maximum atomic E-state index is 13.9. The number of nitrogens with one attached hydrogen (secondary N) is 1. The number of nitrogen functional groups attached to an aromatic ring is 1. The lowest BCUT2D eigenvalue weighted by Gasteiger charge is -2.42. The van der Waals surface area contributed by atoms with Gasteiger partial charge in [0.2, 0.25) is 5.95 Å². The third-order valence-corrected chi connectivity index (χ3v) is 6.37. The van der Waals surface area contributed by atoms with Gasteiger partial charge in [-0.2, -0.15) is 0 Å². The summed E-state index contributed by atoms with van der Waals surface area (Å²) in [5.74, 6) is 6.18. The van der Waals surface area contributed by atoms with Crippen molar-refractivity contribution in [1.82, 2.24) is 9.55 Å². The molecular formula is C23H24N4O. The number of aromatic nitrogens is 2. The van der Waals surface area contributed by atoms with Gasteiger partial charge in [-0.05, 0) is 37.0 Å². The molecule has 3 aromatic rings. The third kappa shape index (κ3) is 2.50. The molecular weight excluding hydrogens is 348 g/mol. The zero-order valence-corrected chi connectivity index (χ0v) is 15.8. The first-order valence-corrected chi connectivity index (χ1v) is 10.0. The van der Waals surface area contributed by atoms with Crippen LogP contribution in [0.5, 0.6) is 0 Å². The summed E-state index contributed by atoms with van der Waals surface area (Å²) >= 11 is 0. The summed E-state index contributed by atoms with van der Waals surface area (Å²) in [7, 11) is 0. The van der Waals surface area contributed by atoms with E-state index in [-0.39, 0.29) is 11.0 Å². The molecule has 1 heterocycles. The Kier molecular flexibility index (Phi) is 4.05. The van der Waals surface area contributed by atoms with Crippen LogP contribution in [-0.2, 0) is 11.8 Å². The Balaban J connectivity index is 1.86. The quantitative estimate of drug-likeness (QED) is 0.528. The summed E-state index contributed by atoms with van der Waals surface area (Å²) in [6.07, 6.45) is 6.54. The van der Waals surface area contributed by atoms with Crippen LogP contribution in [0.3, 0.4) is 0 Å². The average Bonchev–Trinajstić information content (AvgIpc) is 2.74. The lowest BCUT2D eigenvalue weighted by atomic mass is 9.62. The Morgan fingerprint density at radius 1 is 0.964 bits per heavy atom. The highest BCUT2D eigenvalue weighted by atomic mass is 16.1. The van der Waals surface area contributed by atoms with Gasteiger partial charge >= 0.3 is 0 Å². The number of hydrogen-bond acceptors (Lipinski definition) is 4. The summed E-state index contributed by atoms with van der Waals surface area (Å²) in [6, 6.07) is 18.0. The normalized spacial score (nSPS) is 17.0. The molecule has 142 valence electrons. The second kappa shape index (κ2) is 6.60. The van der Waals surface area contributed by atoms with E-state index in [0.29, 0.717) is 5.95 Å². The Labute approximate surface area is 164 Å². The van der Waals surface area contributed by atoms with E-state index >= 15 is 0 Å². The van der Waals surface area contributed by atoms with Crippen LogP contribution < -0.4 is 16.8 Å². The number of hydrazine groups is 1. The highest BCUT2D eigenvalue weighted by molar-refractivity contribution is 5.73. The molecule has 0 atom stereocenters. The first-order valence-electron chi connectivity index (χ1n) is 10.0. The van der Waals surface area contributed by atoms with Crippen molar-refractivity contribution < 1.29 is 0 Å². The number of fused-ring (bicyclic) bond motifs is 4. The van der Waals surface area contributed by atoms with Crippen molar-refractivity contribution in [3.8, 4) is 16.9 Å². The van der Waals surface area contributed by atoms with E-state index in [4.69, 9.17) is 10.8 Å². The lowest BCUT2D eigenvalue weighted by Crippen LogP contribution is -2.43. The van der Waals surface area contributed by atoms with Crippen LogP contribution in [0, 0.1) is 0 Å². The molecule has 0 aliphatic heterocycles. The van der Waals surface area contributed by atoms with Gasteiger partial charge in [0.1, 0.15) is 0 Å². The summed E-state index contributed by atoms with van der Waals surface area (Å²) in [4.78, 5) is 18.8. The molecule has 2 aromatic carbocycles. The topological polar surface area (TPSA) is 72.9 Å². The second-order valence-corrected chi connectivity index (χ2v) is 7.95. The van der Waals surface area contributed by atoms with Gasteiger partial charge in [-0.3, -0.25) is 10.2 Å². The lowest BCUT2D eigenvalue weighted by molar-refractivity contribution is 0.284. The molecule has 28 heavy (non-hydrogen) atoms. The number of nitrogens with two attached hydrogens (primary N) is 1. The van der Waals surface area contributed by atoms with Crippen molar-refractivity contribution in [2.45, 2.75) is 43.9 Å². The number of rotatable bonds is 2. The molecule has 3 N–H and O–H groups in total. The monoisotopic (exact) mass is 372 g/mol. The van der Waals surface area contributed by atoms with E-state index in [1.165, 1.54) is 12.0 Å². The van der Waals surface area contributed by atoms with Gasteiger partial charge in [0.15, 0.2) is 0 Å². The second-order valence-electron chi connectivity index (χ2n) is 7.95. The van der Waals surface area contributed by atoms with Crippen LogP contribution in [0.4, 0.5) is 5.95 Å². The Bertz CT molecular complexity index is 1080. The van der Waals surface area contributed by atoms with E-state index in [1.54, 1.807) is 4.57 Å². The fourth-order valence-electron chi connectivity index (χ4n) is 5.12. The van der Waals surface area contributed by atoms with Crippen LogP contribution in [0.1, 0.15) is 43.2 Å². The first kappa shape index (κ1) is 17.2. The highest BCUT2D eigenvalue weighted by Gasteiger charge is 2.43. The predicted molar refractivity (Wildman–Crippen MR) is 112 cm³/mol. The maximum Gasteiger partial charge on any atom is 0.263 e. The van der Waals surface area contributed by atoms with Gasteiger partial charge in [-0.1, -0.05) is 61.7 Å². The minimum Gasteiger partial charge on any atom is -0.293 e. The van der Waals surface area contributed by atoms with Gasteiger partial charge in [0.05, 0.1) is 16.9 Å². The van der Waals surface area contributed by atoms with Crippen LogP contribution in [0.2, 0.25) is 0 Å². The number of nitrogens with zero attached hydrogens (tertiary/aromatic N) is 2. The van der Waals surface area contributed by atoms with Crippen molar-refractivity contribution >= 4 is 5.95 Å². The Hall–Kier alpha value is -2.92. The molecule has 5 nitrogen and oxygen atoms in total. The molecule has 5 rings (SSSR count). The van der Waals surface area contributed by atoms with Gasteiger partial charge in [-0.15, -0.1) is 0 Å². The summed E-state index contributed by atoms with van der Waals surface area (Å²) < 4.78 is 1.63. The molecule has 1 fully saturated rings. The molecule has 0 amide bonds. The standard InChI is InChI=1S/C23H24N4O/c24-26-22-25-20-18-12-6-5-9-16(18)15-23(13-7-2-8-14-23)19(20)21(28)27(22)17-10-3-1-4-11-17/h1,3-6,9-12H,2,7-8,13-15,24H2,(H,25,26). The first-order chi connectivity index (χ1) is 13.7. The van der Waals surface area contributed by atoms with E-state index in [2.05, 4.69) is 23.6 Å². The predicted octanol–water partition coefficient (Wildman–Crippen LogP) is 3.94. The van der Waals surface area contributed by atoms with Crippen molar-refractivity contribution in [2.75, 3.05) is 5.43 Å². The maximum absolute atomic E-state index is 13.9. The van der Waals surface area contributed by atoms with Crippen molar-refractivity contribution in [2.24, 2.45) is 5.84 Å². The highest BCUT2D eigenvalue weighted by Crippen LogP contribution is 2.48. The van der Waals surface area contributed by atoms with E-state index < -0.39 is 0 Å². The fourth-order valence-corrected chi connectivity index (χ4v) is 5.12. The SMILES string of the molecule is NNc1nc2c(c(=O)n1-c1ccccc1)C1(CCCCC1)Cc1ccccc1-2. The van der Waals surface area contributed by atoms with Crippen LogP contribution in [-0.4, -0.2) is 9.55 Å². The Morgan fingerprint density at radius 3 is 2.43 bits per heavy atom. The van der Waals surface area contributed by atoms with E-state index in [1.807, 2.05) is 36.4 Å². The van der Waals surface area contributed by atoms with Gasteiger partial charge in [0, 0.05) is 11.0 Å². The van der Waals surface area contributed by atoms with Crippen molar-refractivity contribution in [3.05, 3.63) is 76.1 Å². The fraction of sp³-hybridized carbons (Fsp3) is 0.304. The number of hydrogen-bond donors (Lipinski definition) is 2. The van der Waals surface area contributed by atoms with E-state index in [9.17, 15) is 4.79 Å². The Morgan fingerprint density at radius 2 is 1.68 bits per heavy atom. The van der Waals surface area contributed by atoms with Gasteiger partial charge in [0.25, 0.3) is 5.56 Å². The van der Waals surface area contributed by atoms with Crippen LogP contribution in [0.15, 0.2) is 59.4 Å².